The van der Waals surface area contributed by atoms with Gasteiger partial charge in [-0.15, -0.1) is 0 Å². The number of nitrogens with two attached hydrogens (primary N) is 1. The molecule has 4 rings (SSSR count). The molecular weight excluding hydrogens is 400 g/mol. The zero-order valence-electron chi connectivity index (χ0n) is 15.2. The first-order valence-electron chi connectivity index (χ1n) is 8.75. The second-order valence-electron chi connectivity index (χ2n) is 6.50. The molecule has 0 saturated carbocycles. The van der Waals surface area contributed by atoms with E-state index in [2.05, 4.69) is 10.3 Å². The van der Waals surface area contributed by atoms with Crippen LogP contribution in [-0.4, -0.2) is 15.5 Å². The number of hydrogen-bond donors (Lipinski definition) is 2. The lowest BCUT2D eigenvalue weighted by molar-refractivity contribution is -0.145. The second kappa shape index (κ2) is 7.18. The van der Waals surface area contributed by atoms with Gasteiger partial charge < -0.3 is 11.1 Å². The molecule has 9 heteroatoms. The molecule has 0 radical (unpaired) electrons. The van der Waals surface area contributed by atoms with Gasteiger partial charge in [-0.1, -0.05) is 12.1 Å². The minimum absolute atomic E-state index is 0.208. The van der Waals surface area contributed by atoms with Crippen molar-refractivity contribution in [3.63, 3.8) is 0 Å². The summed E-state index contributed by atoms with van der Waals surface area (Å²) in [5.41, 5.74) is 6.56. The maximum atomic E-state index is 13.8. The Labute approximate surface area is 167 Å². The standard InChI is InChI=1S/C21H14F4N4O/c22-16-10-5-12(26)11-15(16)19(30)27-13-6-8-14(9-7-13)29-18-4-2-1-3-17(18)28-20(29)21(23,24)25/h1-11H,26H2,(H,27,30). The number of benzene rings is 3. The van der Waals surface area contributed by atoms with E-state index in [1.807, 2.05) is 0 Å². The van der Waals surface area contributed by atoms with E-state index in [4.69, 9.17) is 5.73 Å². The molecule has 0 bridgehead atoms. The molecule has 4 aromatic rings. The number of amides is 1. The summed E-state index contributed by atoms with van der Waals surface area (Å²) in [5.74, 6) is -2.52. The van der Waals surface area contributed by atoms with Gasteiger partial charge >= 0.3 is 6.18 Å². The van der Waals surface area contributed by atoms with Crippen molar-refractivity contribution in [3.05, 3.63) is 83.9 Å². The second-order valence-corrected chi connectivity index (χ2v) is 6.50. The minimum Gasteiger partial charge on any atom is -0.399 e. The Kier molecular flexibility index (Phi) is 4.65. The Bertz CT molecular complexity index is 1250. The molecule has 0 aliphatic carbocycles. The third-order valence-electron chi connectivity index (χ3n) is 4.43. The lowest BCUT2D eigenvalue weighted by Gasteiger charge is -2.12. The number of carbonyl (C=O) groups excluding carboxylic acids is 1. The van der Waals surface area contributed by atoms with Crippen LogP contribution in [0.15, 0.2) is 66.7 Å². The number of imidazole rings is 1. The normalized spacial score (nSPS) is 11.6. The lowest BCUT2D eigenvalue weighted by Crippen LogP contribution is -2.15. The molecule has 0 spiro atoms. The highest BCUT2D eigenvalue weighted by Crippen LogP contribution is 2.34. The monoisotopic (exact) mass is 414 g/mol. The number of aromatic nitrogens is 2. The molecule has 0 atom stereocenters. The van der Waals surface area contributed by atoms with Crippen molar-refractivity contribution >= 4 is 28.3 Å². The minimum atomic E-state index is -4.66. The van der Waals surface area contributed by atoms with Crippen molar-refractivity contribution in [2.24, 2.45) is 0 Å². The molecule has 1 amide bonds. The fourth-order valence-corrected chi connectivity index (χ4v) is 3.09. The van der Waals surface area contributed by atoms with E-state index in [9.17, 15) is 22.4 Å². The van der Waals surface area contributed by atoms with Crippen LogP contribution in [0.4, 0.5) is 28.9 Å². The van der Waals surface area contributed by atoms with Gasteiger partial charge in [-0.25, -0.2) is 9.37 Å². The Morgan fingerprint density at radius 1 is 1.00 bits per heavy atom. The number of nitrogens with one attached hydrogen (secondary N) is 1. The number of halogens is 4. The Balaban J connectivity index is 1.68. The van der Waals surface area contributed by atoms with Gasteiger partial charge in [-0.2, -0.15) is 13.2 Å². The SMILES string of the molecule is Nc1ccc(F)c(C(=O)Nc2ccc(-n3c(C(F)(F)F)nc4ccccc43)cc2)c1. The predicted molar refractivity (Wildman–Crippen MR) is 105 cm³/mol. The summed E-state index contributed by atoms with van der Waals surface area (Å²) >= 11 is 0. The molecule has 1 aromatic heterocycles. The summed E-state index contributed by atoms with van der Waals surface area (Å²) in [6, 6.07) is 15.5. The average molecular weight is 414 g/mol. The maximum absolute atomic E-state index is 13.8. The van der Waals surface area contributed by atoms with Crippen LogP contribution in [0.1, 0.15) is 16.2 Å². The summed E-state index contributed by atoms with van der Waals surface area (Å²) < 4.78 is 55.3. The van der Waals surface area contributed by atoms with Gasteiger partial charge in [0.05, 0.1) is 16.6 Å². The molecule has 5 nitrogen and oxygen atoms in total. The van der Waals surface area contributed by atoms with Gasteiger partial charge in [0.2, 0.25) is 5.82 Å². The van der Waals surface area contributed by atoms with E-state index in [1.165, 1.54) is 48.5 Å². The van der Waals surface area contributed by atoms with Gasteiger partial charge in [0, 0.05) is 17.1 Å². The van der Waals surface area contributed by atoms with Gasteiger partial charge in [0.15, 0.2) is 0 Å². The van der Waals surface area contributed by atoms with Crippen LogP contribution in [0.5, 0.6) is 0 Å². The molecule has 30 heavy (non-hydrogen) atoms. The molecule has 0 fully saturated rings. The van der Waals surface area contributed by atoms with E-state index in [1.54, 1.807) is 12.1 Å². The molecule has 0 saturated heterocycles. The van der Waals surface area contributed by atoms with Crippen LogP contribution < -0.4 is 11.1 Å². The zero-order valence-corrected chi connectivity index (χ0v) is 15.2. The van der Waals surface area contributed by atoms with Crippen molar-refractivity contribution in [1.29, 1.82) is 0 Å². The van der Waals surface area contributed by atoms with Crippen LogP contribution in [0.25, 0.3) is 16.7 Å². The highest BCUT2D eigenvalue weighted by Gasteiger charge is 2.38. The first kappa shape index (κ1) is 19.4. The molecule has 1 heterocycles. The topological polar surface area (TPSA) is 72.9 Å². The summed E-state index contributed by atoms with van der Waals surface area (Å²) in [5, 5.41) is 2.50. The third-order valence-corrected chi connectivity index (χ3v) is 4.43. The zero-order chi connectivity index (χ0) is 21.5. The summed E-state index contributed by atoms with van der Waals surface area (Å²) in [4.78, 5) is 16.0. The van der Waals surface area contributed by atoms with Crippen LogP contribution in [0, 0.1) is 5.82 Å². The molecule has 152 valence electrons. The Hall–Kier alpha value is -3.88. The first-order chi connectivity index (χ1) is 14.2. The maximum Gasteiger partial charge on any atom is 0.450 e. The fraction of sp³-hybridized carbons (Fsp3) is 0.0476. The van der Waals surface area contributed by atoms with Gasteiger partial charge in [-0.05, 0) is 54.6 Å². The van der Waals surface area contributed by atoms with Gasteiger partial charge in [0.1, 0.15) is 5.82 Å². The van der Waals surface area contributed by atoms with Gasteiger partial charge in [-0.3, -0.25) is 9.36 Å². The summed E-state index contributed by atoms with van der Waals surface area (Å²) in [6.45, 7) is 0. The van der Waals surface area contributed by atoms with E-state index in [0.717, 1.165) is 10.6 Å². The van der Waals surface area contributed by atoms with Crippen molar-refractivity contribution in [2.45, 2.75) is 6.18 Å². The van der Waals surface area contributed by atoms with Crippen LogP contribution >= 0.6 is 0 Å². The van der Waals surface area contributed by atoms with Crippen molar-refractivity contribution < 1.29 is 22.4 Å². The number of para-hydroxylation sites is 2. The fourth-order valence-electron chi connectivity index (χ4n) is 3.09. The smallest absolute Gasteiger partial charge is 0.399 e. The summed E-state index contributed by atoms with van der Waals surface area (Å²) in [7, 11) is 0. The molecule has 3 N–H and O–H groups in total. The lowest BCUT2D eigenvalue weighted by atomic mass is 10.1. The number of nitrogens with zero attached hydrogens (tertiary/aromatic N) is 2. The Morgan fingerprint density at radius 2 is 1.70 bits per heavy atom. The molecule has 0 unspecified atom stereocenters. The van der Waals surface area contributed by atoms with E-state index in [-0.39, 0.29) is 28.1 Å². The highest BCUT2D eigenvalue weighted by atomic mass is 19.4. The van der Waals surface area contributed by atoms with E-state index >= 15 is 0 Å². The molecule has 0 aliphatic rings. The van der Waals surface area contributed by atoms with Crippen LogP contribution in [0.3, 0.4) is 0 Å². The largest absolute Gasteiger partial charge is 0.450 e. The quantitative estimate of drug-likeness (QED) is 0.365. The number of nitrogen functional groups attached to an aromatic ring is 1. The van der Waals surface area contributed by atoms with Crippen LogP contribution in [0.2, 0.25) is 0 Å². The van der Waals surface area contributed by atoms with E-state index in [0.29, 0.717) is 5.52 Å². The van der Waals surface area contributed by atoms with Crippen molar-refractivity contribution in [3.8, 4) is 5.69 Å². The number of alkyl halides is 3. The average Bonchev–Trinajstić information content (AvgIpc) is 3.10. The molecule has 3 aromatic carbocycles. The first-order valence-corrected chi connectivity index (χ1v) is 8.75. The molecule has 0 aliphatic heterocycles. The van der Waals surface area contributed by atoms with E-state index < -0.39 is 23.7 Å². The van der Waals surface area contributed by atoms with Gasteiger partial charge in [0.25, 0.3) is 5.91 Å². The third kappa shape index (κ3) is 3.57. The van der Waals surface area contributed by atoms with Crippen molar-refractivity contribution in [2.75, 3.05) is 11.1 Å². The number of hydrogen-bond acceptors (Lipinski definition) is 3. The van der Waals surface area contributed by atoms with Crippen molar-refractivity contribution in [1.82, 2.24) is 9.55 Å². The summed E-state index contributed by atoms with van der Waals surface area (Å²) in [6.07, 6.45) is -4.66. The highest BCUT2D eigenvalue weighted by molar-refractivity contribution is 6.05. The number of anilines is 2. The predicted octanol–water partition coefficient (Wildman–Crippen LogP) is 5.02. The number of rotatable bonds is 3. The number of carbonyl (C=O) groups is 1. The number of fused-ring (bicyclic) bond motifs is 1. The Morgan fingerprint density at radius 3 is 2.40 bits per heavy atom. The molecular formula is C21H14F4N4O. The van der Waals surface area contributed by atoms with Crippen LogP contribution in [-0.2, 0) is 6.18 Å².